The second-order valence-electron chi connectivity index (χ2n) is 32.9. The number of nitrogens with zero attached hydrogens (tertiary/aromatic N) is 3. The Hall–Kier alpha value is -11.5. The topological polar surface area (TPSA) is 11.4 Å². The molecule has 18 rings (SSSR count). The molecule has 1 aromatic heterocycles. The van der Waals surface area contributed by atoms with Crippen molar-refractivity contribution in [2.45, 2.75) is 110 Å². The Bertz CT molecular complexity index is 6340. The largest absolute Gasteiger partial charge is 0.311 e. The molecular weight excluding hydrogens is 1270 g/mol. The smallest absolute Gasteiger partial charge is 0.252 e. The zero-order chi connectivity index (χ0) is 80.8. The van der Waals surface area contributed by atoms with Crippen molar-refractivity contribution in [1.82, 2.24) is 4.57 Å². The SMILES string of the molecule is [2H]c1c([2H])c([2H])c(C2(c3c([2H])c([2H])c([2H])c([2H])c3[2H])c3ccccc3-c3cccc(-c4ccc5c(c4)B4c6ccc(C(C)(C)C)cc6N(c6ccc(C(C)(C)C)cc6-c6ccccc6)c6cc(-n7c8cc(C(C)(C)C)ccc8c8ccc(C(C)(C)C)cc87)cc(c64)N5c4c(-c5ccccc5)cccc4-c4ccccc4)c32)c([2H])c1[2H]. The molecule has 0 fully saturated rings. The molecule has 0 N–H and O–H groups in total. The molecule has 3 nitrogen and oxygen atoms in total. The molecule has 0 bridgehead atoms. The van der Waals surface area contributed by atoms with Crippen molar-refractivity contribution in [1.29, 1.82) is 0 Å². The standard InChI is InChI=1S/C101H88BN3/c1-97(2,3)71-52-57-87(83(59-71)67-36-22-15-23-37-67)104-91-62-74(100(10,11)12)51-55-85(91)102-86-58-68(76-43-30-46-82-79-42-28-29-47-84(79)101(94(76)82,69-38-24-16-25-39-69)70-40-26-17-27-41-70)48-56-88(86)105(96-77(65-32-18-13-19-33-65)44-31-45-78(96)66-34-20-14-21-35-66)93-64-75(63-92(104)95(93)102)103-89-60-72(98(4,5)6)49-53-80(89)81-54-50-73(61-90(81)103)99(7,8)9/h13-64H,1-12H3/i16D,17D,24D,25D,26D,27D,38D,39D,40D,41D. The van der Waals surface area contributed by atoms with Crippen molar-refractivity contribution in [3.8, 4) is 61.3 Å². The van der Waals surface area contributed by atoms with Gasteiger partial charge < -0.3 is 14.4 Å². The van der Waals surface area contributed by atoms with E-state index in [0.29, 0.717) is 33.4 Å². The van der Waals surface area contributed by atoms with E-state index in [1.54, 1.807) is 6.07 Å². The average Bonchev–Trinajstić information content (AvgIpc) is 1.63. The van der Waals surface area contributed by atoms with E-state index in [2.05, 4.69) is 310 Å². The van der Waals surface area contributed by atoms with Crippen LogP contribution in [0.2, 0.25) is 0 Å². The molecule has 0 saturated heterocycles. The maximum atomic E-state index is 10.1. The number of hydrogen-bond donors (Lipinski definition) is 0. The lowest BCUT2D eigenvalue weighted by atomic mass is 9.33. The summed E-state index contributed by atoms with van der Waals surface area (Å²) in [6.45, 7) is 26.8. The summed E-state index contributed by atoms with van der Waals surface area (Å²) in [7, 11) is 0. The number of hydrogen-bond acceptors (Lipinski definition) is 2. The van der Waals surface area contributed by atoms with Crippen LogP contribution in [-0.2, 0) is 27.1 Å². The van der Waals surface area contributed by atoms with E-state index in [1.807, 2.05) is 36.4 Å². The van der Waals surface area contributed by atoms with Crippen LogP contribution in [0.4, 0.5) is 34.1 Å². The summed E-state index contributed by atoms with van der Waals surface area (Å²) in [6.07, 6.45) is 0. The van der Waals surface area contributed by atoms with Gasteiger partial charge >= 0.3 is 0 Å². The lowest BCUT2D eigenvalue weighted by Gasteiger charge is -2.46. The van der Waals surface area contributed by atoms with Crippen molar-refractivity contribution in [2.75, 3.05) is 9.80 Å². The van der Waals surface area contributed by atoms with Crippen molar-refractivity contribution in [2.24, 2.45) is 0 Å². The Labute approximate surface area is 634 Å². The lowest BCUT2D eigenvalue weighted by molar-refractivity contribution is 0.590. The van der Waals surface area contributed by atoms with Crippen LogP contribution in [0.15, 0.2) is 315 Å². The average molecular weight is 1360 g/mol. The molecule has 3 heterocycles. The Balaban J connectivity index is 1.05. The lowest BCUT2D eigenvalue weighted by Crippen LogP contribution is -2.61. The Morgan fingerprint density at radius 2 is 0.762 bits per heavy atom. The van der Waals surface area contributed by atoms with Crippen LogP contribution >= 0.6 is 0 Å². The number of para-hydroxylation sites is 1. The monoisotopic (exact) mass is 1360 g/mol. The molecule has 15 aromatic rings. The fourth-order valence-electron chi connectivity index (χ4n) is 17.1. The minimum Gasteiger partial charge on any atom is -0.311 e. The van der Waals surface area contributed by atoms with Gasteiger partial charge in [0.2, 0.25) is 0 Å². The summed E-state index contributed by atoms with van der Waals surface area (Å²) < 4.78 is 99.0. The number of aromatic nitrogens is 1. The third kappa shape index (κ3) is 10.5. The highest BCUT2D eigenvalue weighted by molar-refractivity contribution is 7.00. The van der Waals surface area contributed by atoms with Gasteiger partial charge in [-0.1, -0.05) is 350 Å². The van der Waals surface area contributed by atoms with E-state index >= 15 is 0 Å². The minimum absolute atomic E-state index is 0.209. The Morgan fingerprint density at radius 3 is 1.31 bits per heavy atom. The molecule has 0 amide bonds. The maximum Gasteiger partial charge on any atom is 0.252 e. The van der Waals surface area contributed by atoms with Crippen LogP contribution in [0, 0.1) is 0 Å². The predicted octanol–water partition coefficient (Wildman–Crippen LogP) is 25.1. The summed E-state index contributed by atoms with van der Waals surface area (Å²) in [4.78, 5) is 5.09. The highest BCUT2D eigenvalue weighted by atomic mass is 15.2. The number of fused-ring (bicyclic) bond motifs is 10. The first kappa shape index (κ1) is 55.1. The van der Waals surface area contributed by atoms with Gasteiger partial charge in [-0.15, -0.1) is 0 Å². The minimum atomic E-state index is -2.13. The van der Waals surface area contributed by atoms with E-state index < -0.39 is 72.6 Å². The van der Waals surface area contributed by atoms with Gasteiger partial charge in [0.05, 0.1) is 47.2 Å². The van der Waals surface area contributed by atoms with Gasteiger partial charge in [0.1, 0.15) is 0 Å². The maximum absolute atomic E-state index is 10.1. The normalized spacial score (nSPS) is 15.1. The zero-order valence-electron chi connectivity index (χ0n) is 71.7. The summed E-state index contributed by atoms with van der Waals surface area (Å²) in [5.41, 5.74) is 22.5. The van der Waals surface area contributed by atoms with Gasteiger partial charge in [0.15, 0.2) is 0 Å². The molecule has 0 spiro atoms. The number of benzene rings is 14. The molecule has 0 radical (unpaired) electrons. The third-order valence-electron chi connectivity index (χ3n) is 22.4. The van der Waals surface area contributed by atoms with E-state index in [9.17, 15) is 11.0 Å². The van der Waals surface area contributed by atoms with E-state index in [-0.39, 0.29) is 32.8 Å². The van der Waals surface area contributed by atoms with Gasteiger partial charge in [-0.3, -0.25) is 0 Å². The second-order valence-corrected chi connectivity index (χ2v) is 32.9. The Kier molecular flexibility index (Phi) is 12.8. The van der Waals surface area contributed by atoms with Gasteiger partial charge in [-0.25, -0.2) is 0 Å². The predicted molar refractivity (Wildman–Crippen MR) is 449 cm³/mol. The highest BCUT2D eigenvalue weighted by Gasteiger charge is 2.50. The van der Waals surface area contributed by atoms with Crippen LogP contribution in [0.1, 0.15) is 141 Å². The molecule has 105 heavy (non-hydrogen) atoms. The van der Waals surface area contributed by atoms with Crippen LogP contribution in [0.3, 0.4) is 0 Å². The van der Waals surface area contributed by atoms with Crippen molar-refractivity contribution < 1.29 is 13.7 Å². The Morgan fingerprint density at radius 1 is 0.314 bits per heavy atom. The van der Waals surface area contributed by atoms with Gasteiger partial charge in [0, 0.05) is 50.2 Å². The van der Waals surface area contributed by atoms with Crippen LogP contribution in [-0.4, -0.2) is 11.3 Å². The molecule has 0 unspecified atom stereocenters. The molecule has 0 atom stereocenters. The first-order chi connectivity index (χ1) is 54.8. The molecular formula is C101H88BN3. The number of anilines is 6. The summed E-state index contributed by atoms with van der Waals surface area (Å²) in [6, 6.07) is 85.9. The molecule has 1 aliphatic carbocycles. The van der Waals surface area contributed by atoms with Crippen LogP contribution in [0.5, 0.6) is 0 Å². The number of rotatable bonds is 9. The second kappa shape index (κ2) is 24.3. The molecule has 4 heteroatoms. The quantitative estimate of drug-likeness (QED) is 0.133. The first-order valence-corrected chi connectivity index (χ1v) is 36.8. The third-order valence-corrected chi connectivity index (χ3v) is 22.4. The summed E-state index contributed by atoms with van der Waals surface area (Å²) >= 11 is 0. The summed E-state index contributed by atoms with van der Waals surface area (Å²) in [5.74, 6) is 0. The van der Waals surface area contributed by atoms with Crippen LogP contribution < -0.4 is 26.2 Å². The first-order valence-electron chi connectivity index (χ1n) is 41.8. The highest BCUT2D eigenvalue weighted by Crippen LogP contribution is 2.60. The molecule has 2 aliphatic heterocycles. The fourth-order valence-corrected chi connectivity index (χ4v) is 17.1. The van der Waals surface area contributed by atoms with E-state index in [0.717, 1.165) is 117 Å². The fraction of sp³-hybridized carbons (Fsp3) is 0.168. The van der Waals surface area contributed by atoms with E-state index in [1.165, 1.54) is 16.7 Å². The van der Waals surface area contributed by atoms with Crippen molar-refractivity contribution in [3.05, 3.63) is 360 Å². The molecule has 0 saturated carbocycles. The molecule has 510 valence electrons. The zero-order valence-corrected chi connectivity index (χ0v) is 61.7. The van der Waals surface area contributed by atoms with Gasteiger partial charge in [0.25, 0.3) is 6.71 Å². The van der Waals surface area contributed by atoms with Crippen LogP contribution in [0.25, 0.3) is 83.1 Å². The summed E-state index contributed by atoms with van der Waals surface area (Å²) in [5, 5.41) is 2.28. The van der Waals surface area contributed by atoms with Gasteiger partial charge in [-0.2, -0.15) is 0 Å². The van der Waals surface area contributed by atoms with Crippen molar-refractivity contribution in [3.63, 3.8) is 0 Å². The molecule has 3 aliphatic rings. The van der Waals surface area contributed by atoms with E-state index in [4.69, 9.17) is 2.74 Å². The van der Waals surface area contributed by atoms with Gasteiger partial charge in [-0.05, 0) is 170 Å². The molecule has 14 aromatic carbocycles. The van der Waals surface area contributed by atoms with Crippen molar-refractivity contribution >= 4 is 79.0 Å².